The van der Waals surface area contributed by atoms with E-state index in [1.54, 1.807) is 0 Å². The van der Waals surface area contributed by atoms with Crippen molar-refractivity contribution in [3.8, 4) is 0 Å². The number of ether oxygens (including phenoxy) is 1. The smallest absolute Gasteiger partial charge is 0.0707 e. The van der Waals surface area contributed by atoms with Gasteiger partial charge in [0.2, 0.25) is 0 Å². The summed E-state index contributed by atoms with van der Waals surface area (Å²) in [5.74, 6) is 0.517. The minimum absolute atomic E-state index is 0.517. The van der Waals surface area contributed by atoms with Gasteiger partial charge in [-0.1, -0.05) is 25.1 Å². The molecule has 0 amide bonds. The van der Waals surface area contributed by atoms with E-state index in [-0.39, 0.29) is 0 Å². The second-order valence-corrected chi connectivity index (χ2v) is 5.98. The zero-order chi connectivity index (χ0) is 14.7. The Morgan fingerprint density at radius 3 is 3.10 bits per heavy atom. The molecule has 2 unspecified atom stereocenters. The molecule has 3 rings (SSSR count). The van der Waals surface area contributed by atoms with Crippen LogP contribution < -0.4 is 5.32 Å². The highest BCUT2D eigenvalue weighted by molar-refractivity contribution is 5.81. The average Bonchev–Trinajstić information content (AvgIpc) is 2.83. The molecule has 1 N–H and O–H groups in total. The lowest BCUT2D eigenvalue weighted by molar-refractivity contribution is 0.0320. The van der Waals surface area contributed by atoms with Gasteiger partial charge in [-0.15, -0.1) is 0 Å². The lowest BCUT2D eigenvalue weighted by Crippen LogP contribution is -2.44. The maximum atomic E-state index is 5.71. The van der Waals surface area contributed by atoms with Crippen LogP contribution in [0.5, 0.6) is 0 Å². The van der Waals surface area contributed by atoms with Crippen LogP contribution >= 0.6 is 0 Å². The highest BCUT2D eigenvalue weighted by Gasteiger charge is 2.26. The van der Waals surface area contributed by atoms with E-state index < -0.39 is 0 Å². The van der Waals surface area contributed by atoms with Gasteiger partial charge in [0.15, 0.2) is 0 Å². The Morgan fingerprint density at radius 1 is 1.38 bits per heavy atom. The standard InChI is InChI=1S/C17H25N3O/c1-3-9-18-15-8-10-21-12-13(15)11-16-14-6-4-5-7-17(14)20(2)19-16/h4-7,13,15,18H,3,8-12H2,1-2H3. The van der Waals surface area contributed by atoms with Crippen molar-refractivity contribution in [3.63, 3.8) is 0 Å². The molecule has 21 heavy (non-hydrogen) atoms. The molecular formula is C17H25N3O. The molecule has 1 saturated heterocycles. The van der Waals surface area contributed by atoms with Crippen LogP contribution in [0.25, 0.3) is 10.9 Å². The van der Waals surface area contributed by atoms with Crippen LogP contribution in [0.2, 0.25) is 0 Å². The molecule has 0 bridgehead atoms. The van der Waals surface area contributed by atoms with Gasteiger partial charge in [-0.2, -0.15) is 5.10 Å². The van der Waals surface area contributed by atoms with Crippen molar-refractivity contribution in [1.82, 2.24) is 15.1 Å². The van der Waals surface area contributed by atoms with Crippen molar-refractivity contribution < 1.29 is 4.74 Å². The third kappa shape index (κ3) is 3.11. The number of nitrogens with zero attached hydrogens (tertiary/aromatic N) is 2. The van der Waals surface area contributed by atoms with Crippen LogP contribution in [-0.2, 0) is 18.2 Å². The molecule has 2 heterocycles. The molecule has 0 radical (unpaired) electrons. The van der Waals surface area contributed by atoms with E-state index in [1.165, 1.54) is 23.0 Å². The van der Waals surface area contributed by atoms with Crippen molar-refractivity contribution in [3.05, 3.63) is 30.0 Å². The summed E-state index contributed by atoms with van der Waals surface area (Å²) in [5, 5.41) is 9.69. The molecule has 1 fully saturated rings. The fourth-order valence-electron chi connectivity index (χ4n) is 3.28. The van der Waals surface area contributed by atoms with Crippen LogP contribution in [0.1, 0.15) is 25.5 Å². The Kier molecular flexibility index (Phi) is 4.56. The van der Waals surface area contributed by atoms with Gasteiger partial charge in [0.05, 0.1) is 17.8 Å². The summed E-state index contributed by atoms with van der Waals surface area (Å²) in [5.41, 5.74) is 2.41. The van der Waals surface area contributed by atoms with Crippen LogP contribution in [0.3, 0.4) is 0 Å². The SMILES string of the molecule is CCCNC1CCOCC1Cc1nn(C)c2ccccc12. The summed E-state index contributed by atoms with van der Waals surface area (Å²) >= 11 is 0. The Balaban J connectivity index is 1.79. The normalized spacial score (nSPS) is 22.8. The van der Waals surface area contributed by atoms with Crippen molar-refractivity contribution in [2.24, 2.45) is 13.0 Å². The van der Waals surface area contributed by atoms with Crippen molar-refractivity contribution in [2.45, 2.75) is 32.2 Å². The highest BCUT2D eigenvalue weighted by Crippen LogP contribution is 2.24. The minimum atomic E-state index is 0.517. The first kappa shape index (κ1) is 14.5. The fourth-order valence-corrected chi connectivity index (χ4v) is 3.28. The summed E-state index contributed by atoms with van der Waals surface area (Å²) in [4.78, 5) is 0. The molecule has 4 nitrogen and oxygen atoms in total. The minimum Gasteiger partial charge on any atom is -0.381 e. The zero-order valence-corrected chi connectivity index (χ0v) is 13.0. The van der Waals surface area contributed by atoms with E-state index in [4.69, 9.17) is 9.84 Å². The quantitative estimate of drug-likeness (QED) is 0.918. The third-order valence-electron chi connectivity index (χ3n) is 4.42. The Hall–Kier alpha value is -1.39. The second kappa shape index (κ2) is 6.58. The van der Waals surface area contributed by atoms with Gasteiger partial charge in [0, 0.05) is 31.0 Å². The number of rotatable bonds is 5. The van der Waals surface area contributed by atoms with Gasteiger partial charge in [0.25, 0.3) is 0 Å². The number of hydrogen-bond donors (Lipinski definition) is 1. The fraction of sp³-hybridized carbons (Fsp3) is 0.588. The molecular weight excluding hydrogens is 262 g/mol. The lowest BCUT2D eigenvalue weighted by atomic mass is 9.90. The number of nitrogens with one attached hydrogen (secondary N) is 1. The van der Waals surface area contributed by atoms with Gasteiger partial charge < -0.3 is 10.1 Å². The van der Waals surface area contributed by atoms with Crippen LogP contribution in [-0.4, -0.2) is 35.6 Å². The summed E-state index contributed by atoms with van der Waals surface area (Å²) in [6.07, 6.45) is 3.27. The molecule has 4 heteroatoms. The third-order valence-corrected chi connectivity index (χ3v) is 4.42. The molecule has 1 aromatic heterocycles. The number of aromatic nitrogens is 2. The monoisotopic (exact) mass is 287 g/mol. The zero-order valence-electron chi connectivity index (χ0n) is 13.0. The molecule has 1 aliphatic rings. The van der Waals surface area contributed by atoms with E-state index >= 15 is 0 Å². The Bertz CT molecular complexity index is 593. The largest absolute Gasteiger partial charge is 0.381 e. The second-order valence-electron chi connectivity index (χ2n) is 5.98. The summed E-state index contributed by atoms with van der Waals surface area (Å²) in [6, 6.07) is 9.03. The first-order valence-electron chi connectivity index (χ1n) is 8.01. The van der Waals surface area contributed by atoms with E-state index in [2.05, 4.69) is 36.5 Å². The topological polar surface area (TPSA) is 39.1 Å². The van der Waals surface area contributed by atoms with Crippen LogP contribution in [0, 0.1) is 5.92 Å². The first-order chi connectivity index (χ1) is 10.3. The van der Waals surface area contributed by atoms with E-state index in [0.717, 1.165) is 32.6 Å². The van der Waals surface area contributed by atoms with Gasteiger partial charge in [-0.05, 0) is 31.9 Å². The predicted molar refractivity (Wildman–Crippen MR) is 85.4 cm³/mol. The van der Waals surface area contributed by atoms with Gasteiger partial charge >= 0.3 is 0 Å². The van der Waals surface area contributed by atoms with Gasteiger partial charge in [0.1, 0.15) is 0 Å². The van der Waals surface area contributed by atoms with Crippen LogP contribution in [0.15, 0.2) is 24.3 Å². The number of benzene rings is 1. The number of hydrogen-bond acceptors (Lipinski definition) is 3. The Labute approximate surface area is 126 Å². The molecule has 1 aromatic carbocycles. The summed E-state index contributed by atoms with van der Waals surface area (Å²) in [6.45, 7) is 5.02. The van der Waals surface area contributed by atoms with Crippen molar-refractivity contribution in [1.29, 1.82) is 0 Å². The summed E-state index contributed by atoms with van der Waals surface area (Å²) in [7, 11) is 2.02. The summed E-state index contributed by atoms with van der Waals surface area (Å²) < 4.78 is 7.70. The highest BCUT2D eigenvalue weighted by atomic mass is 16.5. The maximum absolute atomic E-state index is 5.71. The van der Waals surface area contributed by atoms with Crippen molar-refractivity contribution >= 4 is 10.9 Å². The number of aryl methyl sites for hydroxylation is 1. The van der Waals surface area contributed by atoms with Gasteiger partial charge in [-0.25, -0.2) is 0 Å². The van der Waals surface area contributed by atoms with E-state index in [1.807, 2.05) is 11.7 Å². The predicted octanol–water partition coefficient (Wildman–Crippen LogP) is 2.52. The molecule has 2 aromatic rings. The maximum Gasteiger partial charge on any atom is 0.0707 e. The molecule has 0 aliphatic carbocycles. The van der Waals surface area contributed by atoms with E-state index in [0.29, 0.717) is 12.0 Å². The number of para-hydroxylation sites is 1. The Morgan fingerprint density at radius 2 is 2.24 bits per heavy atom. The molecule has 1 aliphatic heterocycles. The first-order valence-corrected chi connectivity index (χ1v) is 8.01. The lowest BCUT2D eigenvalue weighted by Gasteiger charge is -2.32. The van der Waals surface area contributed by atoms with Gasteiger partial charge in [-0.3, -0.25) is 4.68 Å². The average molecular weight is 287 g/mol. The molecule has 0 spiro atoms. The molecule has 2 atom stereocenters. The molecule has 114 valence electrons. The number of fused-ring (bicyclic) bond motifs is 1. The van der Waals surface area contributed by atoms with Crippen molar-refractivity contribution in [2.75, 3.05) is 19.8 Å². The van der Waals surface area contributed by atoms with Crippen LogP contribution in [0.4, 0.5) is 0 Å². The van der Waals surface area contributed by atoms with E-state index in [9.17, 15) is 0 Å². The molecule has 0 saturated carbocycles.